The summed E-state index contributed by atoms with van der Waals surface area (Å²) in [5.41, 5.74) is 1.34. The molecule has 1 fully saturated rings. The number of rotatable bonds is 4. The van der Waals surface area contributed by atoms with Crippen molar-refractivity contribution in [1.82, 2.24) is 24.6 Å². The highest BCUT2D eigenvalue weighted by molar-refractivity contribution is 6.33. The van der Waals surface area contributed by atoms with Gasteiger partial charge >= 0.3 is 0 Å². The Morgan fingerprint density at radius 1 is 0.970 bits per heavy atom. The molecule has 0 spiro atoms. The van der Waals surface area contributed by atoms with Crippen LogP contribution in [0.15, 0.2) is 64.3 Å². The van der Waals surface area contributed by atoms with Crippen LogP contribution in [0.25, 0.3) is 16.6 Å². The Bertz CT molecular complexity index is 1430. The third kappa shape index (κ3) is 4.37. The maximum Gasteiger partial charge on any atom is 0.292 e. The number of nitrogens with zero attached hydrogens (tertiary/aromatic N) is 5. The summed E-state index contributed by atoms with van der Waals surface area (Å²) in [6.07, 6.45) is 1.64. The van der Waals surface area contributed by atoms with Gasteiger partial charge in [0.15, 0.2) is 0 Å². The lowest BCUT2D eigenvalue weighted by Crippen LogP contribution is -2.47. The van der Waals surface area contributed by atoms with Crippen molar-refractivity contribution in [3.63, 3.8) is 0 Å². The molecule has 1 aliphatic rings. The fourth-order valence-corrected chi connectivity index (χ4v) is 4.41. The van der Waals surface area contributed by atoms with E-state index >= 15 is 0 Å². The monoisotopic (exact) mass is 482 g/mol. The van der Waals surface area contributed by atoms with Crippen molar-refractivity contribution >= 4 is 39.8 Å². The van der Waals surface area contributed by atoms with Crippen LogP contribution in [-0.4, -0.2) is 50.8 Å². The van der Waals surface area contributed by atoms with E-state index in [-0.39, 0.29) is 16.1 Å². The molecule has 0 aliphatic carbocycles. The molecule has 2 aromatic carbocycles. The molecule has 10 heteroatoms. The van der Waals surface area contributed by atoms with Gasteiger partial charge < -0.3 is 9.88 Å². The lowest BCUT2D eigenvalue weighted by Gasteiger charge is -2.35. The molecule has 0 bridgehead atoms. The van der Waals surface area contributed by atoms with Gasteiger partial charge in [0, 0.05) is 31.2 Å². The number of para-hydroxylation sites is 1. The minimum Gasteiger partial charge on any atom is -0.366 e. The van der Waals surface area contributed by atoms with E-state index in [1.54, 1.807) is 24.4 Å². The number of fused-ring (bicyclic) bond motifs is 1. The second kappa shape index (κ2) is 8.97. The first-order valence-electron chi connectivity index (χ1n) is 10.5. The predicted octanol–water partition coefficient (Wildman–Crippen LogP) is 3.10. The van der Waals surface area contributed by atoms with Crippen LogP contribution in [0, 0.1) is 0 Å². The van der Waals surface area contributed by atoms with Gasteiger partial charge in [0.2, 0.25) is 0 Å². The molecule has 0 saturated carbocycles. The Balaban J connectivity index is 1.30. The number of hydrogen-bond acceptors (Lipinski definition) is 6. The van der Waals surface area contributed by atoms with Crippen molar-refractivity contribution in [2.75, 3.05) is 31.1 Å². The zero-order valence-corrected chi connectivity index (χ0v) is 19.1. The van der Waals surface area contributed by atoms with Gasteiger partial charge in [0.1, 0.15) is 10.8 Å². The first kappa shape index (κ1) is 21.6. The van der Waals surface area contributed by atoms with Gasteiger partial charge in [-0.25, -0.2) is 4.98 Å². The third-order valence-corrected chi connectivity index (χ3v) is 6.30. The molecule has 4 aromatic rings. The molecule has 5 rings (SSSR count). The Kier molecular flexibility index (Phi) is 5.88. The molecule has 1 saturated heterocycles. The lowest BCUT2D eigenvalue weighted by atomic mass is 10.2. The van der Waals surface area contributed by atoms with Crippen LogP contribution in [0.3, 0.4) is 0 Å². The van der Waals surface area contributed by atoms with Gasteiger partial charge in [0.05, 0.1) is 35.0 Å². The quantitative estimate of drug-likeness (QED) is 0.480. The smallest absolute Gasteiger partial charge is 0.292 e. The van der Waals surface area contributed by atoms with Crippen LogP contribution < -0.4 is 16.0 Å². The van der Waals surface area contributed by atoms with Crippen LogP contribution in [-0.2, 0) is 6.54 Å². The number of aromatic nitrogens is 4. The summed E-state index contributed by atoms with van der Waals surface area (Å²) in [7, 11) is 0. The van der Waals surface area contributed by atoms with Gasteiger partial charge in [-0.15, -0.1) is 0 Å². The van der Waals surface area contributed by atoms with Crippen molar-refractivity contribution in [3.8, 4) is 5.69 Å². The maximum absolute atomic E-state index is 12.8. The van der Waals surface area contributed by atoms with Gasteiger partial charge in [0.25, 0.3) is 11.1 Å². The minimum absolute atomic E-state index is 0.153. The summed E-state index contributed by atoms with van der Waals surface area (Å²) in [5.74, 6) is 0.591. The summed E-state index contributed by atoms with van der Waals surface area (Å²) in [6, 6.07) is 14.2. The van der Waals surface area contributed by atoms with E-state index in [0.717, 1.165) is 13.1 Å². The SMILES string of the molecule is O=c1[nH]c(CN2CCN(c3cnn(-c4ccccc4)c(=O)c3Cl)CC2)nc2cc(Cl)ccc12. The molecule has 3 heterocycles. The summed E-state index contributed by atoms with van der Waals surface area (Å²) in [4.78, 5) is 36.8. The average molecular weight is 483 g/mol. The van der Waals surface area contributed by atoms with E-state index in [1.165, 1.54) is 4.68 Å². The fraction of sp³-hybridized carbons (Fsp3) is 0.217. The molecule has 168 valence electrons. The standard InChI is InChI=1S/C23H20Cl2N6O2/c24-15-6-7-17-18(12-15)27-20(28-22(17)32)14-29-8-10-30(11-9-29)19-13-26-31(23(33)21(19)25)16-4-2-1-3-5-16/h1-7,12-13H,8-11,14H2,(H,27,28,32). The van der Waals surface area contributed by atoms with Gasteiger partial charge in [-0.1, -0.05) is 41.4 Å². The highest BCUT2D eigenvalue weighted by Gasteiger charge is 2.22. The molecule has 0 unspecified atom stereocenters. The second-order valence-corrected chi connectivity index (χ2v) is 8.65. The number of H-pyrrole nitrogens is 1. The number of nitrogens with one attached hydrogen (secondary N) is 1. The molecular formula is C23H20Cl2N6O2. The first-order chi connectivity index (χ1) is 16.0. The third-order valence-electron chi connectivity index (χ3n) is 5.71. The van der Waals surface area contributed by atoms with E-state index < -0.39 is 0 Å². The molecule has 0 atom stereocenters. The molecule has 1 aliphatic heterocycles. The molecule has 0 amide bonds. The zero-order chi connectivity index (χ0) is 22.9. The molecule has 8 nitrogen and oxygen atoms in total. The Morgan fingerprint density at radius 2 is 1.73 bits per heavy atom. The highest BCUT2D eigenvalue weighted by atomic mass is 35.5. The van der Waals surface area contributed by atoms with E-state index in [9.17, 15) is 9.59 Å². The van der Waals surface area contributed by atoms with Crippen LogP contribution in [0.4, 0.5) is 5.69 Å². The normalized spacial score (nSPS) is 14.7. The van der Waals surface area contributed by atoms with E-state index in [0.29, 0.717) is 52.8 Å². The number of piperazine rings is 1. The van der Waals surface area contributed by atoms with Crippen LogP contribution in [0.1, 0.15) is 5.82 Å². The summed E-state index contributed by atoms with van der Waals surface area (Å²) >= 11 is 12.5. The number of halogens is 2. The lowest BCUT2D eigenvalue weighted by molar-refractivity contribution is 0.244. The zero-order valence-electron chi connectivity index (χ0n) is 17.5. The van der Waals surface area contributed by atoms with Crippen molar-refractivity contribution < 1.29 is 0 Å². The van der Waals surface area contributed by atoms with Gasteiger partial charge in [-0.2, -0.15) is 9.78 Å². The van der Waals surface area contributed by atoms with E-state index in [4.69, 9.17) is 23.2 Å². The highest BCUT2D eigenvalue weighted by Crippen LogP contribution is 2.23. The number of hydrogen-bond donors (Lipinski definition) is 1. The average Bonchev–Trinajstić information content (AvgIpc) is 2.82. The summed E-state index contributed by atoms with van der Waals surface area (Å²) in [5, 5.41) is 5.53. The van der Waals surface area contributed by atoms with Gasteiger partial charge in [-0.3, -0.25) is 14.5 Å². The maximum atomic E-state index is 12.8. The Labute approximate surface area is 199 Å². The van der Waals surface area contributed by atoms with E-state index in [1.807, 2.05) is 30.3 Å². The molecule has 33 heavy (non-hydrogen) atoms. The molecule has 0 radical (unpaired) electrons. The minimum atomic E-state index is -0.348. The molecular weight excluding hydrogens is 463 g/mol. The van der Waals surface area contributed by atoms with Crippen LogP contribution in [0.5, 0.6) is 0 Å². The van der Waals surface area contributed by atoms with Crippen molar-refractivity contribution in [2.24, 2.45) is 0 Å². The van der Waals surface area contributed by atoms with Crippen molar-refractivity contribution in [1.29, 1.82) is 0 Å². The predicted molar refractivity (Wildman–Crippen MR) is 130 cm³/mol. The summed E-state index contributed by atoms with van der Waals surface area (Å²) < 4.78 is 1.30. The fourth-order valence-electron chi connectivity index (χ4n) is 3.99. The molecule has 1 N–H and O–H groups in total. The van der Waals surface area contributed by atoms with Crippen molar-refractivity contribution in [3.05, 3.63) is 91.3 Å². The van der Waals surface area contributed by atoms with Crippen LogP contribution >= 0.6 is 23.2 Å². The molecule has 2 aromatic heterocycles. The van der Waals surface area contributed by atoms with E-state index in [2.05, 4.69) is 24.9 Å². The first-order valence-corrected chi connectivity index (χ1v) is 11.2. The second-order valence-electron chi connectivity index (χ2n) is 7.83. The van der Waals surface area contributed by atoms with Gasteiger partial charge in [-0.05, 0) is 30.3 Å². The Morgan fingerprint density at radius 3 is 2.48 bits per heavy atom. The number of anilines is 1. The largest absolute Gasteiger partial charge is 0.366 e. The van der Waals surface area contributed by atoms with Crippen LogP contribution in [0.2, 0.25) is 10.0 Å². The number of benzene rings is 2. The topological polar surface area (TPSA) is 87.1 Å². The summed E-state index contributed by atoms with van der Waals surface area (Å²) in [6.45, 7) is 3.28. The number of aromatic amines is 1. The Hall–Kier alpha value is -3.20. The van der Waals surface area contributed by atoms with Crippen molar-refractivity contribution in [2.45, 2.75) is 6.54 Å².